The molecule has 3 heterocycles. The Bertz CT molecular complexity index is 1270. The first kappa shape index (κ1) is 20.2. The van der Waals surface area contributed by atoms with Crippen molar-refractivity contribution in [3.8, 4) is 11.6 Å². The van der Waals surface area contributed by atoms with E-state index < -0.39 is 0 Å². The largest absolute Gasteiger partial charge is 0.334 e. The SMILES string of the molecule is Cc1cc(C)cc(C(=O)N2CCc3c(c(-c4nc(Cc5ccccc5)no4)nn3C)C2)c1. The second-order valence-electron chi connectivity index (χ2n) is 8.43. The maximum Gasteiger partial charge on any atom is 0.278 e. The summed E-state index contributed by atoms with van der Waals surface area (Å²) in [4.78, 5) is 19.7. The topological polar surface area (TPSA) is 77.1 Å². The summed E-state index contributed by atoms with van der Waals surface area (Å²) in [5.74, 6) is 1.05. The van der Waals surface area contributed by atoms with Crippen LogP contribution >= 0.6 is 0 Å². The fourth-order valence-corrected chi connectivity index (χ4v) is 4.42. The number of amides is 1. The number of hydrogen-bond donors (Lipinski definition) is 0. The van der Waals surface area contributed by atoms with Gasteiger partial charge in [-0.2, -0.15) is 10.1 Å². The molecule has 1 amide bonds. The van der Waals surface area contributed by atoms with E-state index in [0.717, 1.165) is 39.9 Å². The van der Waals surface area contributed by atoms with E-state index in [4.69, 9.17) is 4.52 Å². The number of carbonyl (C=O) groups is 1. The number of aryl methyl sites for hydroxylation is 3. The Hall–Kier alpha value is -3.74. The van der Waals surface area contributed by atoms with Gasteiger partial charge in [0.25, 0.3) is 11.8 Å². The summed E-state index contributed by atoms with van der Waals surface area (Å²) in [6.07, 6.45) is 1.33. The summed E-state index contributed by atoms with van der Waals surface area (Å²) in [6, 6.07) is 16.0. The van der Waals surface area contributed by atoms with Crippen molar-refractivity contribution in [2.45, 2.75) is 33.2 Å². The lowest BCUT2D eigenvalue weighted by atomic mass is 10.0. The van der Waals surface area contributed by atoms with Crippen molar-refractivity contribution in [1.82, 2.24) is 24.8 Å². The van der Waals surface area contributed by atoms with Gasteiger partial charge in [0.2, 0.25) is 0 Å². The summed E-state index contributed by atoms with van der Waals surface area (Å²) >= 11 is 0. The zero-order valence-electron chi connectivity index (χ0n) is 18.5. The zero-order valence-corrected chi connectivity index (χ0v) is 18.5. The Labute approximate surface area is 186 Å². The van der Waals surface area contributed by atoms with Gasteiger partial charge in [-0.25, -0.2) is 0 Å². The molecule has 4 aromatic rings. The molecule has 1 aliphatic rings. The molecule has 0 N–H and O–H groups in total. The first-order valence-electron chi connectivity index (χ1n) is 10.8. The molecule has 32 heavy (non-hydrogen) atoms. The van der Waals surface area contributed by atoms with Gasteiger partial charge in [-0.05, 0) is 31.5 Å². The monoisotopic (exact) mass is 427 g/mol. The van der Waals surface area contributed by atoms with E-state index in [1.54, 1.807) is 0 Å². The van der Waals surface area contributed by atoms with Crippen LogP contribution in [0.3, 0.4) is 0 Å². The van der Waals surface area contributed by atoms with Crippen molar-refractivity contribution in [2.24, 2.45) is 7.05 Å². The molecule has 0 unspecified atom stereocenters. The predicted octanol–water partition coefficient (Wildman–Crippen LogP) is 3.88. The van der Waals surface area contributed by atoms with Crippen LogP contribution in [0.4, 0.5) is 0 Å². The molecule has 2 aromatic heterocycles. The Morgan fingerprint density at radius 1 is 1.09 bits per heavy atom. The van der Waals surface area contributed by atoms with Gasteiger partial charge in [-0.1, -0.05) is 52.7 Å². The minimum absolute atomic E-state index is 0.0348. The van der Waals surface area contributed by atoms with Crippen LogP contribution in [0.25, 0.3) is 11.6 Å². The molecule has 0 radical (unpaired) electrons. The average Bonchev–Trinajstić information content (AvgIpc) is 3.37. The minimum atomic E-state index is 0.0348. The van der Waals surface area contributed by atoms with Gasteiger partial charge >= 0.3 is 0 Å². The van der Waals surface area contributed by atoms with E-state index in [2.05, 4.69) is 21.3 Å². The minimum Gasteiger partial charge on any atom is -0.334 e. The quantitative estimate of drug-likeness (QED) is 0.494. The number of benzene rings is 2. The van der Waals surface area contributed by atoms with Crippen molar-refractivity contribution >= 4 is 5.91 Å². The van der Waals surface area contributed by atoms with Crippen LogP contribution in [-0.2, 0) is 26.4 Å². The van der Waals surface area contributed by atoms with Crippen molar-refractivity contribution in [3.05, 3.63) is 87.9 Å². The molecule has 7 heteroatoms. The van der Waals surface area contributed by atoms with Crippen molar-refractivity contribution < 1.29 is 9.32 Å². The van der Waals surface area contributed by atoms with Crippen LogP contribution in [-0.4, -0.2) is 37.3 Å². The van der Waals surface area contributed by atoms with Gasteiger partial charge in [0.05, 0.1) is 6.54 Å². The van der Waals surface area contributed by atoms with E-state index in [0.29, 0.717) is 36.9 Å². The summed E-state index contributed by atoms with van der Waals surface area (Å²) in [5, 5.41) is 8.81. The Kier molecular flexibility index (Phi) is 5.09. The predicted molar refractivity (Wildman–Crippen MR) is 120 cm³/mol. The summed E-state index contributed by atoms with van der Waals surface area (Å²) in [5.41, 5.74) is 6.76. The van der Waals surface area contributed by atoms with Gasteiger partial charge in [-0.3, -0.25) is 9.48 Å². The molecular formula is C25H25N5O2. The molecule has 0 aliphatic carbocycles. The van der Waals surface area contributed by atoms with Crippen LogP contribution in [0.15, 0.2) is 53.1 Å². The van der Waals surface area contributed by atoms with E-state index in [-0.39, 0.29) is 5.91 Å². The average molecular weight is 428 g/mol. The van der Waals surface area contributed by atoms with Crippen LogP contribution in [0, 0.1) is 13.8 Å². The molecular weight excluding hydrogens is 402 g/mol. The highest BCUT2D eigenvalue weighted by Gasteiger charge is 2.30. The fraction of sp³-hybridized carbons (Fsp3) is 0.280. The number of hydrogen-bond acceptors (Lipinski definition) is 5. The third kappa shape index (κ3) is 3.82. The molecule has 0 atom stereocenters. The number of rotatable bonds is 4. The van der Waals surface area contributed by atoms with Crippen LogP contribution in [0.5, 0.6) is 0 Å². The third-order valence-corrected chi connectivity index (χ3v) is 5.87. The normalized spacial score (nSPS) is 13.3. The summed E-state index contributed by atoms with van der Waals surface area (Å²) in [6.45, 7) is 5.15. The van der Waals surface area contributed by atoms with Gasteiger partial charge in [0, 0.05) is 43.3 Å². The smallest absolute Gasteiger partial charge is 0.278 e. The number of fused-ring (bicyclic) bond motifs is 1. The molecule has 1 aliphatic heterocycles. The Morgan fingerprint density at radius 3 is 2.59 bits per heavy atom. The van der Waals surface area contributed by atoms with Crippen molar-refractivity contribution in [2.75, 3.05) is 6.54 Å². The van der Waals surface area contributed by atoms with Gasteiger partial charge in [0.1, 0.15) is 0 Å². The van der Waals surface area contributed by atoms with E-state index in [1.807, 2.05) is 72.9 Å². The Morgan fingerprint density at radius 2 is 1.84 bits per heavy atom. The molecule has 162 valence electrons. The summed E-state index contributed by atoms with van der Waals surface area (Å²) in [7, 11) is 1.92. The van der Waals surface area contributed by atoms with Crippen molar-refractivity contribution in [3.63, 3.8) is 0 Å². The van der Waals surface area contributed by atoms with Crippen LogP contribution in [0.1, 0.15) is 44.1 Å². The number of carbonyl (C=O) groups excluding carboxylic acids is 1. The number of aromatic nitrogens is 4. The third-order valence-electron chi connectivity index (χ3n) is 5.87. The second kappa shape index (κ2) is 8.07. The molecule has 0 fully saturated rings. The van der Waals surface area contributed by atoms with E-state index in [1.165, 1.54) is 0 Å². The highest BCUT2D eigenvalue weighted by Crippen LogP contribution is 2.30. The van der Waals surface area contributed by atoms with Gasteiger partial charge in [0.15, 0.2) is 11.5 Å². The summed E-state index contributed by atoms with van der Waals surface area (Å²) < 4.78 is 7.44. The molecule has 0 bridgehead atoms. The standard InChI is InChI=1S/C25H25N5O2/c1-16-11-17(2)13-19(12-16)25(31)30-10-9-21-20(15-30)23(27-29(21)3)24-26-22(28-32-24)14-18-7-5-4-6-8-18/h4-8,11-13H,9-10,14-15H2,1-3H3. The lowest BCUT2D eigenvalue weighted by Gasteiger charge is -2.27. The highest BCUT2D eigenvalue weighted by atomic mass is 16.5. The molecule has 2 aromatic carbocycles. The molecule has 0 saturated carbocycles. The van der Waals surface area contributed by atoms with Gasteiger partial charge in [-0.15, -0.1) is 0 Å². The lowest BCUT2D eigenvalue weighted by molar-refractivity contribution is 0.0733. The van der Waals surface area contributed by atoms with Crippen molar-refractivity contribution in [1.29, 1.82) is 0 Å². The first-order valence-corrected chi connectivity index (χ1v) is 10.8. The Balaban J connectivity index is 1.42. The zero-order chi connectivity index (χ0) is 22.2. The van der Waals surface area contributed by atoms with Crippen LogP contribution in [0.2, 0.25) is 0 Å². The van der Waals surface area contributed by atoms with Crippen LogP contribution < -0.4 is 0 Å². The van der Waals surface area contributed by atoms with E-state index in [9.17, 15) is 4.79 Å². The highest BCUT2D eigenvalue weighted by molar-refractivity contribution is 5.94. The first-order chi connectivity index (χ1) is 15.5. The van der Waals surface area contributed by atoms with Gasteiger partial charge < -0.3 is 9.42 Å². The second-order valence-corrected chi connectivity index (χ2v) is 8.43. The molecule has 7 nitrogen and oxygen atoms in total. The fourth-order valence-electron chi connectivity index (χ4n) is 4.42. The maximum atomic E-state index is 13.2. The molecule has 0 spiro atoms. The maximum absolute atomic E-state index is 13.2. The molecule has 0 saturated heterocycles. The lowest BCUT2D eigenvalue weighted by Crippen LogP contribution is -2.36. The number of nitrogens with zero attached hydrogens (tertiary/aromatic N) is 5. The van der Waals surface area contributed by atoms with E-state index >= 15 is 0 Å². The molecule has 5 rings (SSSR count).